The van der Waals surface area contributed by atoms with Gasteiger partial charge in [-0.2, -0.15) is 0 Å². The Balaban J connectivity index is 4.14. The topological polar surface area (TPSA) is 55.8 Å². The van der Waals surface area contributed by atoms with E-state index in [9.17, 15) is 9.46 Å². The van der Waals surface area contributed by atoms with Crippen LogP contribution >= 0.6 is 7.82 Å². The van der Waals surface area contributed by atoms with E-state index in [4.69, 9.17) is 9.05 Å². The number of phosphoric ester groups is 1. The largest absolute Gasteiger partial charge is 0.472 e. The smallest absolute Gasteiger partial charge is 0.329 e. The molecule has 0 heterocycles. The van der Waals surface area contributed by atoms with Crippen LogP contribution in [-0.2, 0) is 13.6 Å². The monoisotopic (exact) mass is 633 g/mol. The van der Waals surface area contributed by atoms with E-state index in [-0.39, 0.29) is 6.61 Å². The molecule has 0 aliphatic rings. The fraction of sp³-hybridized carbons (Fsp3) is 1.00. The lowest BCUT2D eigenvalue weighted by Gasteiger charge is -2.24. The molecule has 43 heavy (non-hydrogen) atoms. The fourth-order valence-corrected chi connectivity index (χ4v) is 6.67. The van der Waals surface area contributed by atoms with Crippen molar-refractivity contribution in [3.8, 4) is 0 Å². The van der Waals surface area contributed by atoms with E-state index in [0.29, 0.717) is 23.6 Å². The molecule has 0 aromatic carbocycles. The Hall–Kier alpha value is 0.0700. The summed E-state index contributed by atoms with van der Waals surface area (Å²) in [5, 5.41) is 0. The lowest BCUT2D eigenvalue weighted by atomic mass is 9.94. The molecule has 0 aromatic rings. The lowest BCUT2D eigenvalue weighted by Crippen LogP contribution is -2.37. The van der Waals surface area contributed by atoms with Crippen LogP contribution < -0.4 is 0 Å². The molecule has 0 spiro atoms. The second-order valence-corrected chi connectivity index (χ2v) is 16.0. The first-order chi connectivity index (χ1) is 20.7. The van der Waals surface area contributed by atoms with Crippen molar-refractivity contribution in [2.24, 2.45) is 5.92 Å². The minimum Gasteiger partial charge on any atom is -0.329 e. The third-order valence-electron chi connectivity index (χ3n) is 8.92. The molecule has 5 nitrogen and oxygen atoms in total. The summed E-state index contributed by atoms with van der Waals surface area (Å²) in [6.07, 6.45) is 37.6. The lowest BCUT2D eigenvalue weighted by molar-refractivity contribution is -0.870. The average molecular weight is 633 g/mol. The summed E-state index contributed by atoms with van der Waals surface area (Å²) >= 11 is 0. The van der Waals surface area contributed by atoms with Gasteiger partial charge in [0, 0.05) is 0 Å². The molecule has 260 valence electrons. The fourth-order valence-electron chi connectivity index (χ4n) is 5.88. The first kappa shape index (κ1) is 43.1. The maximum absolute atomic E-state index is 12.5. The third-order valence-corrected chi connectivity index (χ3v) is 9.91. The van der Waals surface area contributed by atoms with Crippen molar-refractivity contribution in [2.45, 2.75) is 194 Å². The summed E-state index contributed by atoms with van der Waals surface area (Å²) in [7, 11) is 2.16. The molecular weight excluding hydrogens is 553 g/mol. The zero-order chi connectivity index (χ0) is 31.9. The summed E-state index contributed by atoms with van der Waals surface area (Å²) in [6, 6.07) is 0. The van der Waals surface area contributed by atoms with Crippen molar-refractivity contribution >= 4 is 7.82 Å². The van der Waals surface area contributed by atoms with Crippen molar-refractivity contribution < 1.29 is 23.0 Å². The Kier molecular flexibility index (Phi) is 30.8. The molecule has 1 atom stereocenters. The number of hydrogen-bond donors (Lipinski definition) is 1. The Morgan fingerprint density at radius 2 is 0.814 bits per heavy atom. The van der Waals surface area contributed by atoms with E-state index in [1.165, 1.54) is 167 Å². The van der Waals surface area contributed by atoms with Crippen molar-refractivity contribution in [3.63, 3.8) is 0 Å². The molecule has 0 fully saturated rings. The molecule has 0 bridgehead atoms. The number of quaternary nitrogens is 1. The van der Waals surface area contributed by atoms with Gasteiger partial charge in [-0.05, 0) is 18.8 Å². The maximum atomic E-state index is 12.5. The molecule has 1 unspecified atom stereocenters. The second-order valence-electron chi connectivity index (χ2n) is 14.5. The molecule has 0 aliphatic carbocycles. The average Bonchev–Trinajstić information content (AvgIpc) is 2.95. The van der Waals surface area contributed by atoms with Crippen molar-refractivity contribution in [1.82, 2.24) is 0 Å². The van der Waals surface area contributed by atoms with Crippen LogP contribution in [-0.4, -0.2) is 50.3 Å². The minimum atomic E-state index is -3.99. The van der Waals surface area contributed by atoms with Gasteiger partial charge in [-0.15, -0.1) is 0 Å². The van der Waals surface area contributed by atoms with E-state index < -0.39 is 7.82 Å². The first-order valence-electron chi connectivity index (χ1n) is 19.1. The molecule has 6 heteroatoms. The van der Waals surface area contributed by atoms with Gasteiger partial charge in [-0.1, -0.05) is 181 Å². The molecular formula is C37H79NO4P+. The Morgan fingerprint density at radius 3 is 1.12 bits per heavy atom. The molecule has 0 aromatic heterocycles. The van der Waals surface area contributed by atoms with Crippen molar-refractivity contribution in [1.29, 1.82) is 0 Å². The highest BCUT2D eigenvalue weighted by Gasteiger charge is 2.24. The molecule has 0 saturated carbocycles. The molecule has 0 aliphatic heterocycles. The van der Waals surface area contributed by atoms with E-state index in [1.807, 2.05) is 21.1 Å². The predicted octanol–water partition coefficient (Wildman–Crippen LogP) is 12.4. The number of hydrogen-bond acceptors (Lipinski definition) is 3. The zero-order valence-electron chi connectivity index (χ0n) is 30.1. The van der Waals surface area contributed by atoms with Gasteiger partial charge in [0.05, 0.1) is 27.7 Å². The Labute approximate surface area is 270 Å². The van der Waals surface area contributed by atoms with Crippen molar-refractivity contribution in [2.75, 3.05) is 40.9 Å². The van der Waals surface area contributed by atoms with Gasteiger partial charge in [0.15, 0.2) is 0 Å². The minimum absolute atomic E-state index is 0.236. The summed E-state index contributed by atoms with van der Waals surface area (Å²) in [5.74, 6) is 0.350. The number of phosphoric acid groups is 1. The van der Waals surface area contributed by atoms with Gasteiger partial charge in [-0.3, -0.25) is 9.05 Å². The highest BCUT2D eigenvalue weighted by Crippen LogP contribution is 2.44. The number of rotatable bonds is 35. The van der Waals surface area contributed by atoms with E-state index >= 15 is 0 Å². The van der Waals surface area contributed by atoms with Gasteiger partial charge < -0.3 is 9.38 Å². The molecule has 0 saturated heterocycles. The highest BCUT2D eigenvalue weighted by atomic mass is 31.2. The molecule has 0 rings (SSSR count). The molecule has 0 radical (unpaired) electrons. The van der Waals surface area contributed by atoms with Crippen molar-refractivity contribution in [3.05, 3.63) is 0 Å². The van der Waals surface area contributed by atoms with Gasteiger partial charge in [0.1, 0.15) is 13.2 Å². The van der Waals surface area contributed by atoms with E-state index in [1.54, 1.807) is 0 Å². The normalized spacial score (nSPS) is 13.7. The van der Waals surface area contributed by atoms with Crippen LogP contribution in [0.15, 0.2) is 0 Å². The second kappa shape index (κ2) is 30.7. The van der Waals surface area contributed by atoms with Gasteiger partial charge >= 0.3 is 7.82 Å². The molecule has 1 N–H and O–H groups in total. The zero-order valence-corrected chi connectivity index (χ0v) is 31.0. The van der Waals surface area contributed by atoms with E-state index in [0.717, 1.165) is 12.8 Å². The summed E-state index contributed by atoms with van der Waals surface area (Å²) in [5.41, 5.74) is 0. The number of unbranched alkanes of at least 4 members (excludes halogenated alkanes) is 24. The number of nitrogens with zero attached hydrogens (tertiary/aromatic N) is 1. The predicted molar refractivity (Wildman–Crippen MR) is 189 cm³/mol. The van der Waals surface area contributed by atoms with Crippen LogP contribution in [0.3, 0.4) is 0 Å². The van der Waals surface area contributed by atoms with Crippen LogP contribution in [0.2, 0.25) is 0 Å². The van der Waals surface area contributed by atoms with Gasteiger partial charge in [-0.25, -0.2) is 4.57 Å². The van der Waals surface area contributed by atoms with Gasteiger partial charge in [0.25, 0.3) is 0 Å². The third kappa shape index (κ3) is 34.8. The van der Waals surface area contributed by atoms with Crippen LogP contribution in [0, 0.1) is 5.92 Å². The summed E-state index contributed by atoms with van der Waals surface area (Å²) in [6.45, 7) is 5.82. The summed E-state index contributed by atoms with van der Waals surface area (Å²) in [4.78, 5) is 10.2. The van der Waals surface area contributed by atoms with Crippen LogP contribution in [0.1, 0.15) is 194 Å². The highest BCUT2D eigenvalue weighted by molar-refractivity contribution is 7.47. The molecule has 0 amide bonds. The summed E-state index contributed by atoms with van der Waals surface area (Å²) < 4.78 is 24.0. The maximum Gasteiger partial charge on any atom is 0.472 e. The Bertz CT molecular complexity index is 580. The van der Waals surface area contributed by atoms with Crippen LogP contribution in [0.25, 0.3) is 0 Å². The van der Waals surface area contributed by atoms with E-state index in [2.05, 4.69) is 13.8 Å². The van der Waals surface area contributed by atoms with Crippen LogP contribution in [0.4, 0.5) is 0 Å². The first-order valence-corrected chi connectivity index (χ1v) is 20.6. The quantitative estimate of drug-likeness (QED) is 0.0429. The Morgan fingerprint density at radius 1 is 0.512 bits per heavy atom. The SMILES string of the molecule is CCCCCCCCCCCCCCCC(CCCCCCCCCCCCCCC)COP(=O)(O)OCC[N+](C)(C)C. The number of likely N-dealkylation sites (N-methyl/N-ethyl adjacent to an activating group) is 1. The standard InChI is InChI=1S/C37H78NO4P/c1-6-8-10-12-14-16-18-20-22-24-26-28-30-32-37(36-42-43(39,40)41-35-34-38(3,4)5)33-31-29-27-25-23-21-19-17-15-13-11-9-7-2/h37H,6-36H2,1-5H3/p+1. The van der Waals surface area contributed by atoms with Gasteiger partial charge in [0.2, 0.25) is 0 Å². The van der Waals surface area contributed by atoms with Crippen LogP contribution in [0.5, 0.6) is 0 Å².